The molecule has 39 heavy (non-hydrogen) atoms. The smallest absolute Gasteiger partial charge is 0.255 e. The van der Waals surface area contributed by atoms with Crippen LogP contribution in [0.25, 0.3) is 22.0 Å². The van der Waals surface area contributed by atoms with Crippen molar-refractivity contribution in [3.63, 3.8) is 0 Å². The zero-order valence-corrected chi connectivity index (χ0v) is 22.3. The van der Waals surface area contributed by atoms with Crippen LogP contribution in [0.3, 0.4) is 0 Å². The van der Waals surface area contributed by atoms with Gasteiger partial charge in [0, 0.05) is 42.8 Å². The number of nitrogens with zero attached hydrogens (tertiary/aromatic N) is 2. The standard InChI is InChI=1S/C32H33FN4O2/c1-21-15-27-16-23(20-37-13-11-22(12-14-37)17-31(38)34-2)19-35-30(27)18-29(21)36-32(39)26-5-3-24(4-6-26)25-7-9-28(33)10-8-25/h3-10,15-16,18-19,22H,11-14,17,20H2,1-2H3,(H,34,38)(H,36,39). The normalized spacial score (nSPS) is 14.3. The van der Waals surface area contributed by atoms with Crippen LogP contribution in [0, 0.1) is 18.7 Å². The molecule has 4 aromatic rings. The van der Waals surface area contributed by atoms with E-state index in [1.54, 1.807) is 31.3 Å². The molecule has 0 aliphatic carbocycles. The van der Waals surface area contributed by atoms with Crippen LogP contribution in [0.2, 0.25) is 0 Å². The topological polar surface area (TPSA) is 74.3 Å². The van der Waals surface area contributed by atoms with Crippen molar-refractivity contribution in [2.75, 3.05) is 25.5 Å². The monoisotopic (exact) mass is 524 g/mol. The number of aromatic nitrogens is 1. The molecule has 1 aliphatic rings. The Morgan fingerprint density at radius 1 is 0.974 bits per heavy atom. The number of likely N-dealkylation sites (tertiary alicyclic amines) is 1. The molecule has 5 rings (SSSR count). The predicted octanol–water partition coefficient (Wildman–Crippen LogP) is 5.95. The maximum Gasteiger partial charge on any atom is 0.255 e. The Labute approximate surface area is 228 Å². The number of rotatable bonds is 7. The van der Waals surface area contributed by atoms with Crippen molar-refractivity contribution in [1.29, 1.82) is 0 Å². The third kappa shape index (κ3) is 6.49. The molecule has 0 atom stereocenters. The number of hydrogen-bond donors (Lipinski definition) is 2. The number of pyridine rings is 1. The first-order chi connectivity index (χ1) is 18.9. The van der Waals surface area contributed by atoms with Crippen molar-refractivity contribution in [3.05, 3.63) is 95.4 Å². The molecule has 0 radical (unpaired) electrons. The van der Waals surface area contributed by atoms with Gasteiger partial charge in [0.15, 0.2) is 0 Å². The highest BCUT2D eigenvalue weighted by Crippen LogP contribution is 2.26. The summed E-state index contributed by atoms with van der Waals surface area (Å²) in [6.07, 6.45) is 4.59. The summed E-state index contributed by atoms with van der Waals surface area (Å²) >= 11 is 0. The highest BCUT2D eigenvalue weighted by molar-refractivity contribution is 6.05. The van der Waals surface area contributed by atoms with Gasteiger partial charge in [-0.15, -0.1) is 0 Å². The van der Waals surface area contributed by atoms with Gasteiger partial charge in [0.1, 0.15) is 5.82 Å². The molecule has 0 bridgehead atoms. The van der Waals surface area contributed by atoms with Crippen LogP contribution >= 0.6 is 0 Å². The molecule has 3 aromatic carbocycles. The van der Waals surface area contributed by atoms with Crippen LogP contribution < -0.4 is 10.6 Å². The average Bonchev–Trinajstić information content (AvgIpc) is 2.95. The lowest BCUT2D eigenvalue weighted by atomic mass is 9.93. The van der Waals surface area contributed by atoms with Crippen molar-refractivity contribution >= 4 is 28.4 Å². The summed E-state index contributed by atoms with van der Waals surface area (Å²) in [5.74, 6) is 0.110. The first-order valence-corrected chi connectivity index (χ1v) is 13.4. The second kappa shape index (κ2) is 11.7. The van der Waals surface area contributed by atoms with Crippen LogP contribution in [0.5, 0.6) is 0 Å². The molecule has 2 heterocycles. The van der Waals surface area contributed by atoms with Crippen molar-refractivity contribution in [2.45, 2.75) is 32.7 Å². The van der Waals surface area contributed by atoms with Gasteiger partial charge in [-0.05, 0) is 103 Å². The van der Waals surface area contributed by atoms with Gasteiger partial charge >= 0.3 is 0 Å². The third-order valence-corrected chi connectivity index (χ3v) is 7.52. The number of carbonyl (C=O) groups excluding carboxylic acids is 2. The molecular weight excluding hydrogens is 491 g/mol. The highest BCUT2D eigenvalue weighted by atomic mass is 19.1. The number of carbonyl (C=O) groups is 2. The molecule has 0 unspecified atom stereocenters. The number of amides is 2. The van der Waals surface area contributed by atoms with E-state index in [-0.39, 0.29) is 17.6 Å². The van der Waals surface area contributed by atoms with Gasteiger partial charge in [-0.1, -0.05) is 24.3 Å². The van der Waals surface area contributed by atoms with Crippen LogP contribution in [-0.2, 0) is 11.3 Å². The summed E-state index contributed by atoms with van der Waals surface area (Å²) in [4.78, 5) is 31.7. The molecule has 2 amide bonds. The summed E-state index contributed by atoms with van der Waals surface area (Å²) in [7, 11) is 1.69. The van der Waals surface area contributed by atoms with Gasteiger partial charge in [0.2, 0.25) is 5.91 Å². The molecule has 2 N–H and O–H groups in total. The lowest BCUT2D eigenvalue weighted by Gasteiger charge is -2.31. The fraction of sp³-hybridized carbons (Fsp3) is 0.281. The molecular formula is C32H33FN4O2. The van der Waals surface area contributed by atoms with Crippen LogP contribution in [0.15, 0.2) is 72.9 Å². The Balaban J connectivity index is 1.22. The maximum atomic E-state index is 13.2. The molecule has 0 saturated carbocycles. The largest absolute Gasteiger partial charge is 0.359 e. The zero-order valence-electron chi connectivity index (χ0n) is 22.3. The molecule has 1 aromatic heterocycles. The van der Waals surface area contributed by atoms with Crippen LogP contribution in [-0.4, -0.2) is 41.8 Å². The molecule has 200 valence electrons. The fourth-order valence-electron chi connectivity index (χ4n) is 5.18. The van der Waals surface area contributed by atoms with E-state index < -0.39 is 0 Å². The number of anilines is 1. The summed E-state index contributed by atoms with van der Waals surface area (Å²) in [6, 6.07) is 19.7. The Morgan fingerprint density at radius 3 is 2.31 bits per heavy atom. The number of benzene rings is 3. The summed E-state index contributed by atoms with van der Waals surface area (Å²) < 4.78 is 13.2. The molecule has 0 spiro atoms. The van der Waals surface area contributed by atoms with Gasteiger partial charge in [-0.3, -0.25) is 19.5 Å². The van der Waals surface area contributed by atoms with E-state index in [0.29, 0.717) is 17.9 Å². The van der Waals surface area contributed by atoms with E-state index in [1.807, 2.05) is 31.3 Å². The minimum atomic E-state index is -0.276. The van der Waals surface area contributed by atoms with E-state index in [1.165, 1.54) is 12.1 Å². The second-order valence-electron chi connectivity index (χ2n) is 10.3. The maximum absolute atomic E-state index is 13.2. The van der Waals surface area contributed by atoms with Gasteiger partial charge in [-0.2, -0.15) is 0 Å². The van der Waals surface area contributed by atoms with E-state index in [2.05, 4.69) is 32.7 Å². The highest BCUT2D eigenvalue weighted by Gasteiger charge is 2.21. The number of nitrogens with one attached hydrogen (secondary N) is 2. The van der Waals surface area contributed by atoms with E-state index in [9.17, 15) is 14.0 Å². The van der Waals surface area contributed by atoms with E-state index >= 15 is 0 Å². The second-order valence-corrected chi connectivity index (χ2v) is 10.3. The zero-order chi connectivity index (χ0) is 27.4. The van der Waals surface area contributed by atoms with Crippen LogP contribution in [0.4, 0.5) is 10.1 Å². The average molecular weight is 525 g/mol. The lowest BCUT2D eigenvalue weighted by molar-refractivity contribution is -0.121. The number of hydrogen-bond acceptors (Lipinski definition) is 4. The lowest BCUT2D eigenvalue weighted by Crippen LogP contribution is -2.35. The van der Waals surface area contributed by atoms with Gasteiger partial charge in [-0.25, -0.2) is 4.39 Å². The van der Waals surface area contributed by atoms with Crippen molar-refractivity contribution in [1.82, 2.24) is 15.2 Å². The quantitative estimate of drug-likeness (QED) is 0.313. The summed E-state index contributed by atoms with van der Waals surface area (Å²) in [5, 5.41) is 6.79. The fourth-order valence-corrected chi connectivity index (χ4v) is 5.18. The SMILES string of the molecule is CNC(=O)CC1CCN(Cc2cnc3cc(NC(=O)c4ccc(-c5ccc(F)cc5)cc4)c(C)cc3c2)CC1. The molecule has 1 aliphatic heterocycles. The molecule has 1 saturated heterocycles. The Morgan fingerprint density at radius 2 is 1.64 bits per heavy atom. The van der Waals surface area contributed by atoms with Crippen molar-refractivity contribution in [2.24, 2.45) is 5.92 Å². The number of halogens is 1. The van der Waals surface area contributed by atoms with Crippen molar-refractivity contribution in [3.8, 4) is 11.1 Å². The van der Waals surface area contributed by atoms with E-state index in [4.69, 9.17) is 0 Å². The molecule has 6 nitrogen and oxygen atoms in total. The van der Waals surface area contributed by atoms with Gasteiger partial charge < -0.3 is 10.6 Å². The van der Waals surface area contributed by atoms with E-state index in [0.717, 1.165) is 71.3 Å². The van der Waals surface area contributed by atoms with Gasteiger partial charge in [0.05, 0.1) is 5.52 Å². The Hall–Kier alpha value is -4.10. The Kier molecular flexibility index (Phi) is 7.98. The number of fused-ring (bicyclic) bond motifs is 1. The molecule has 1 fully saturated rings. The number of piperidine rings is 1. The summed E-state index contributed by atoms with van der Waals surface area (Å²) in [6.45, 7) is 4.78. The minimum absolute atomic E-state index is 0.123. The first kappa shape index (κ1) is 26.5. The first-order valence-electron chi connectivity index (χ1n) is 13.4. The molecule has 7 heteroatoms. The predicted molar refractivity (Wildman–Crippen MR) is 153 cm³/mol. The van der Waals surface area contributed by atoms with Crippen LogP contribution in [0.1, 0.15) is 40.7 Å². The number of aryl methyl sites for hydroxylation is 1. The minimum Gasteiger partial charge on any atom is -0.359 e. The third-order valence-electron chi connectivity index (χ3n) is 7.52. The Bertz CT molecular complexity index is 1480. The van der Waals surface area contributed by atoms with Gasteiger partial charge in [0.25, 0.3) is 5.91 Å². The van der Waals surface area contributed by atoms with Crippen molar-refractivity contribution < 1.29 is 14.0 Å². The summed E-state index contributed by atoms with van der Waals surface area (Å²) in [5.41, 5.74) is 6.04.